The summed E-state index contributed by atoms with van der Waals surface area (Å²) in [6.45, 7) is 3.80. The maximum atomic E-state index is 11.5. The number of anilines is 1. The van der Waals surface area contributed by atoms with Crippen LogP contribution in [0.2, 0.25) is 0 Å². The van der Waals surface area contributed by atoms with Gasteiger partial charge in [-0.3, -0.25) is 4.79 Å². The van der Waals surface area contributed by atoms with E-state index in [9.17, 15) is 9.59 Å². The molecule has 1 rings (SSSR count). The van der Waals surface area contributed by atoms with E-state index in [2.05, 4.69) is 10.6 Å². The number of nitrogens with one attached hydrogen (secondary N) is 2. The Balaban J connectivity index is 2.57. The third-order valence-corrected chi connectivity index (χ3v) is 2.49. The number of nitrogens with zero attached hydrogens (tertiary/aromatic N) is 1. The van der Waals surface area contributed by atoms with Crippen LogP contribution in [0.4, 0.5) is 10.5 Å². The molecule has 0 aliphatic rings. The quantitative estimate of drug-likeness (QED) is 0.871. The van der Waals surface area contributed by atoms with Crippen molar-refractivity contribution in [1.29, 1.82) is 0 Å². The number of benzene rings is 1. The molecule has 1 aromatic rings. The number of urea groups is 1. The molecular weight excluding hydrogens is 242 g/mol. The van der Waals surface area contributed by atoms with Gasteiger partial charge in [0.05, 0.1) is 6.42 Å². The van der Waals surface area contributed by atoms with Crippen molar-refractivity contribution in [2.45, 2.75) is 26.3 Å². The minimum atomic E-state index is -0.230. The van der Waals surface area contributed by atoms with Crippen molar-refractivity contribution in [2.75, 3.05) is 19.4 Å². The lowest BCUT2D eigenvalue weighted by Crippen LogP contribution is -2.34. The molecule has 0 bridgehead atoms. The fourth-order valence-corrected chi connectivity index (χ4v) is 1.47. The predicted molar refractivity (Wildman–Crippen MR) is 76.1 cm³/mol. The molecular formula is C14H21N3O2. The van der Waals surface area contributed by atoms with Crippen molar-refractivity contribution in [3.8, 4) is 0 Å². The van der Waals surface area contributed by atoms with Gasteiger partial charge in [-0.1, -0.05) is 12.1 Å². The molecule has 0 atom stereocenters. The number of likely N-dealkylation sites (N-methyl/N-ethyl adjacent to an activating group) is 1. The molecule has 0 aliphatic carbocycles. The summed E-state index contributed by atoms with van der Waals surface area (Å²) >= 11 is 0. The molecule has 0 aromatic heterocycles. The van der Waals surface area contributed by atoms with Gasteiger partial charge in [0.25, 0.3) is 0 Å². The standard InChI is InChI=1S/C14H21N3O2/c1-10(2)15-14(19)16-12-7-5-11(6-8-12)9-13(18)17(3)4/h5-8,10H,9H2,1-4H3,(H2,15,16,19). The van der Waals surface area contributed by atoms with Crippen LogP contribution >= 0.6 is 0 Å². The largest absolute Gasteiger partial charge is 0.349 e. The Kier molecular flexibility index (Phi) is 5.36. The number of rotatable bonds is 4. The lowest BCUT2D eigenvalue weighted by atomic mass is 10.1. The van der Waals surface area contributed by atoms with Crippen LogP contribution in [0.25, 0.3) is 0 Å². The van der Waals surface area contributed by atoms with Crippen LogP contribution < -0.4 is 10.6 Å². The molecule has 0 saturated carbocycles. The van der Waals surface area contributed by atoms with Crippen LogP contribution in [0.5, 0.6) is 0 Å². The summed E-state index contributed by atoms with van der Waals surface area (Å²) in [6.07, 6.45) is 0.367. The highest BCUT2D eigenvalue weighted by Gasteiger charge is 2.06. The van der Waals surface area contributed by atoms with Gasteiger partial charge in [0.1, 0.15) is 0 Å². The molecule has 0 aliphatic heterocycles. The van der Waals surface area contributed by atoms with E-state index < -0.39 is 0 Å². The van der Waals surface area contributed by atoms with Gasteiger partial charge < -0.3 is 15.5 Å². The zero-order chi connectivity index (χ0) is 14.4. The second-order valence-electron chi connectivity index (χ2n) is 4.92. The van der Waals surface area contributed by atoms with Crippen molar-refractivity contribution in [2.24, 2.45) is 0 Å². The second kappa shape index (κ2) is 6.78. The van der Waals surface area contributed by atoms with E-state index >= 15 is 0 Å². The van der Waals surface area contributed by atoms with Crippen LogP contribution in [0, 0.1) is 0 Å². The lowest BCUT2D eigenvalue weighted by Gasteiger charge is -2.12. The van der Waals surface area contributed by atoms with Gasteiger partial charge in [-0.2, -0.15) is 0 Å². The normalized spacial score (nSPS) is 10.2. The van der Waals surface area contributed by atoms with E-state index in [0.717, 1.165) is 5.56 Å². The summed E-state index contributed by atoms with van der Waals surface area (Å²) in [4.78, 5) is 24.6. The monoisotopic (exact) mass is 263 g/mol. The smallest absolute Gasteiger partial charge is 0.319 e. The topological polar surface area (TPSA) is 61.4 Å². The van der Waals surface area contributed by atoms with E-state index in [0.29, 0.717) is 12.1 Å². The van der Waals surface area contributed by atoms with E-state index in [1.165, 1.54) is 0 Å². The summed E-state index contributed by atoms with van der Waals surface area (Å²) in [5, 5.41) is 5.47. The third-order valence-electron chi connectivity index (χ3n) is 2.49. The molecule has 104 valence electrons. The first-order valence-corrected chi connectivity index (χ1v) is 6.25. The minimum absolute atomic E-state index is 0.0539. The van der Waals surface area contributed by atoms with E-state index in [4.69, 9.17) is 0 Å². The lowest BCUT2D eigenvalue weighted by molar-refractivity contribution is -0.127. The number of hydrogen-bond donors (Lipinski definition) is 2. The number of amides is 3. The molecule has 5 nitrogen and oxygen atoms in total. The Morgan fingerprint density at radius 2 is 1.74 bits per heavy atom. The number of carbonyl (C=O) groups is 2. The van der Waals surface area contributed by atoms with Crippen LogP contribution in [0.3, 0.4) is 0 Å². The number of hydrogen-bond acceptors (Lipinski definition) is 2. The predicted octanol–water partition coefficient (Wildman–Crippen LogP) is 1.85. The summed E-state index contributed by atoms with van der Waals surface area (Å²) in [5.41, 5.74) is 1.63. The highest BCUT2D eigenvalue weighted by molar-refractivity contribution is 5.89. The summed E-state index contributed by atoms with van der Waals surface area (Å²) in [5.74, 6) is 0.0539. The Bertz CT molecular complexity index is 439. The Labute approximate surface area is 114 Å². The van der Waals surface area contributed by atoms with Crippen molar-refractivity contribution in [3.05, 3.63) is 29.8 Å². The SMILES string of the molecule is CC(C)NC(=O)Nc1ccc(CC(=O)N(C)C)cc1. The van der Waals surface area contributed by atoms with Crippen LogP contribution in [0.15, 0.2) is 24.3 Å². The third kappa shape index (κ3) is 5.42. The molecule has 0 radical (unpaired) electrons. The minimum Gasteiger partial charge on any atom is -0.349 e. The van der Waals surface area contributed by atoms with Crippen LogP contribution in [-0.4, -0.2) is 37.0 Å². The molecule has 19 heavy (non-hydrogen) atoms. The Morgan fingerprint density at radius 1 is 1.16 bits per heavy atom. The average molecular weight is 263 g/mol. The molecule has 0 fully saturated rings. The van der Waals surface area contributed by atoms with Gasteiger partial charge in [0.2, 0.25) is 5.91 Å². The fraction of sp³-hybridized carbons (Fsp3) is 0.429. The molecule has 0 unspecified atom stereocenters. The Hall–Kier alpha value is -2.04. The summed E-state index contributed by atoms with van der Waals surface area (Å²) in [7, 11) is 3.46. The summed E-state index contributed by atoms with van der Waals surface area (Å²) < 4.78 is 0. The molecule has 5 heteroatoms. The highest BCUT2D eigenvalue weighted by Crippen LogP contribution is 2.10. The maximum Gasteiger partial charge on any atom is 0.319 e. The van der Waals surface area contributed by atoms with Crippen LogP contribution in [-0.2, 0) is 11.2 Å². The molecule has 0 saturated heterocycles. The first-order valence-electron chi connectivity index (χ1n) is 6.25. The van der Waals surface area contributed by atoms with Gasteiger partial charge in [0.15, 0.2) is 0 Å². The van der Waals surface area contributed by atoms with Gasteiger partial charge in [-0.15, -0.1) is 0 Å². The van der Waals surface area contributed by atoms with Gasteiger partial charge >= 0.3 is 6.03 Å². The van der Waals surface area contributed by atoms with Crippen molar-refractivity contribution >= 4 is 17.6 Å². The number of carbonyl (C=O) groups excluding carboxylic acids is 2. The van der Waals surface area contributed by atoms with Gasteiger partial charge in [-0.25, -0.2) is 4.79 Å². The van der Waals surface area contributed by atoms with E-state index in [1.54, 1.807) is 31.1 Å². The zero-order valence-corrected chi connectivity index (χ0v) is 11.9. The van der Waals surface area contributed by atoms with Crippen molar-refractivity contribution in [3.63, 3.8) is 0 Å². The van der Waals surface area contributed by atoms with E-state index in [-0.39, 0.29) is 18.0 Å². The summed E-state index contributed by atoms with van der Waals surface area (Å²) in [6, 6.07) is 7.12. The average Bonchev–Trinajstić information content (AvgIpc) is 2.30. The van der Waals surface area contributed by atoms with Gasteiger partial charge in [0, 0.05) is 25.8 Å². The molecule has 0 heterocycles. The molecule has 2 N–H and O–H groups in total. The highest BCUT2D eigenvalue weighted by atomic mass is 16.2. The Morgan fingerprint density at radius 3 is 2.21 bits per heavy atom. The van der Waals surface area contributed by atoms with Crippen molar-refractivity contribution in [1.82, 2.24) is 10.2 Å². The second-order valence-corrected chi connectivity index (χ2v) is 4.92. The maximum absolute atomic E-state index is 11.5. The van der Waals surface area contributed by atoms with E-state index in [1.807, 2.05) is 26.0 Å². The van der Waals surface area contributed by atoms with Crippen LogP contribution in [0.1, 0.15) is 19.4 Å². The fourth-order valence-electron chi connectivity index (χ4n) is 1.47. The first-order chi connectivity index (χ1) is 8.88. The van der Waals surface area contributed by atoms with Gasteiger partial charge in [-0.05, 0) is 31.5 Å². The zero-order valence-electron chi connectivity index (χ0n) is 11.9. The first kappa shape index (κ1) is 15.0. The van der Waals surface area contributed by atoms with Crippen molar-refractivity contribution < 1.29 is 9.59 Å². The molecule has 1 aromatic carbocycles. The molecule has 3 amide bonds. The molecule has 0 spiro atoms.